The highest BCUT2D eigenvalue weighted by Gasteiger charge is 2.12. The molecule has 2 rings (SSSR count). The fourth-order valence-corrected chi connectivity index (χ4v) is 1.99. The zero-order valence-corrected chi connectivity index (χ0v) is 12.1. The molecule has 0 atom stereocenters. The van der Waals surface area contributed by atoms with Gasteiger partial charge in [0.25, 0.3) is 5.91 Å². The summed E-state index contributed by atoms with van der Waals surface area (Å²) < 4.78 is 13.3. The van der Waals surface area contributed by atoms with E-state index in [0.717, 1.165) is 12.1 Å². The number of amides is 1. The number of nitrogens with two attached hydrogens (primary N) is 1. The van der Waals surface area contributed by atoms with E-state index in [1.807, 2.05) is 38.4 Å². The molecule has 0 aliphatic carbocycles. The van der Waals surface area contributed by atoms with E-state index in [0.29, 0.717) is 5.69 Å². The van der Waals surface area contributed by atoms with Gasteiger partial charge in [0.05, 0.1) is 11.3 Å². The van der Waals surface area contributed by atoms with E-state index >= 15 is 0 Å². The normalized spacial score (nSPS) is 10.7. The number of hydrogen-bond donors (Lipinski definition) is 2. The predicted molar refractivity (Wildman–Crippen MR) is 82.6 cm³/mol. The van der Waals surface area contributed by atoms with Crippen molar-refractivity contribution < 1.29 is 9.18 Å². The van der Waals surface area contributed by atoms with Gasteiger partial charge in [-0.2, -0.15) is 0 Å². The Morgan fingerprint density at radius 3 is 2.48 bits per heavy atom. The minimum atomic E-state index is -0.594. The van der Waals surface area contributed by atoms with Crippen LogP contribution in [0.5, 0.6) is 0 Å². The molecular weight excluding hydrogens is 269 g/mol. The standard InChI is InChI=1S/C16H18FN3O/c1-20(2)10-11-6-8-12(9-7-11)19-16(21)13-4-3-5-14(17)15(13)18/h3-9H,10,18H2,1-2H3,(H,19,21). The third kappa shape index (κ3) is 3.79. The molecule has 110 valence electrons. The highest BCUT2D eigenvalue weighted by atomic mass is 19.1. The van der Waals surface area contributed by atoms with E-state index in [2.05, 4.69) is 10.2 Å². The Hall–Kier alpha value is -2.40. The van der Waals surface area contributed by atoms with Crippen LogP contribution in [0.2, 0.25) is 0 Å². The quantitative estimate of drug-likeness (QED) is 0.850. The van der Waals surface area contributed by atoms with E-state index in [-0.39, 0.29) is 11.3 Å². The largest absolute Gasteiger partial charge is 0.396 e. The molecule has 0 aliphatic heterocycles. The molecule has 0 spiro atoms. The Balaban J connectivity index is 2.11. The van der Waals surface area contributed by atoms with Crippen LogP contribution in [0, 0.1) is 5.82 Å². The van der Waals surface area contributed by atoms with E-state index in [9.17, 15) is 9.18 Å². The zero-order valence-electron chi connectivity index (χ0n) is 12.1. The third-order valence-electron chi connectivity index (χ3n) is 3.01. The van der Waals surface area contributed by atoms with Crippen LogP contribution in [0.4, 0.5) is 15.8 Å². The summed E-state index contributed by atoms with van der Waals surface area (Å²) in [6, 6.07) is 11.7. The number of nitrogens with zero attached hydrogens (tertiary/aromatic N) is 1. The minimum absolute atomic E-state index is 0.132. The molecule has 0 bridgehead atoms. The minimum Gasteiger partial charge on any atom is -0.396 e. The Morgan fingerprint density at radius 1 is 1.19 bits per heavy atom. The summed E-state index contributed by atoms with van der Waals surface area (Å²) in [6.07, 6.45) is 0. The van der Waals surface area contributed by atoms with Crippen molar-refractivity contribution in [3.05, 3.63) is 59.4 Å². The Morgan fingerprint density at radius 2 is 1.86 bits per heavy atom. The molecule has 0 unspecified atom stereocenters. The summed E-state index contributed by atoms with van der Waals surface area (Å²) in [4.78, 5) is 14.1. The van der Waals surface area contributed by atoms with Crippen molar-refractivity contribution in [2.24, 2.45) is 0 Å². The second-order valence-corrected chi connectivity index (χ2v) is 5.09. The second kappa shape index (κ2) is 6.37. The summed E-state index contributed by atoms with van der Waals surface area (Å²) in [5.41, 5.74) is 7.35. The maximum atomic E-state index is 13.3. The summed E-state index contributed by atoms with van der Waals surface area (Å²) in [5.74, 6) is -1.02. The van der Waals surface area contributed by atoms with Crippen molar-refractivity contribution in [3.63, 3.8) is 0 Å². The van der Waals surface area contributed by atoms with Crippen molar-refractivity contribution in [2.45, 2.75) is 6.54 Å². The number of carbonyl (C=O) groups is 1. The molecule has 0 heterocycles. The first kappa shape index (κ1) is 15.0. The molecule has 2 aromatic rings. The molecule has 0 saturated heterocycles. The molecule has 0 aromatic heterocycles. The zero-order chi connectivity index (χ0) is 15.4. The molecule has 3 N–H and O–H groups in total. The van der Waals surface area contributed by atoms with Crippen LogP contribution in [0.15, 0.2) is 42.5 Å². The van der Waals surface area contributed by atoms with Crippen LogP contribution in [0.3, 0.4) is 0 Å². The van der Waals surface area contributed by atoms with Gasteiger partial charge in [0.2, 0.25) is 0 Å². The number of nitrogen functional groups attached to an aromatic ring is 1. The van der Waals surface area contributed by atoms with Gasteiger partial charge in [-0.1, -0.05) is 18.2 Å². The first-order valence-corrected chi connectivity index (χ1v) is 6.56. The monoisotopic (exact) mass is 287 g/mol. The highest BCUT2D eigenvalue weighted by Crippen LogP contribution is 2.18. The van der Waals surface area contributed by atoms with Gasteiger partial charge in [-0.15, -0.1) is 0 Å². The van der Waals surface area contributed by atoms with Crippen molar-refractivity contribution >= 4 is 17.3 Å². The third-order valence-corrected chi connectivity index (χ3v) is 3.01. The molecule has 0 saturated carbocycles. The van der Waals surface area contributed by atoms with Gasteiger partial charge in [-0.05, 0) is 43.9 Å². The van der Waals surface area contributed by atoms with Crippen molar-refractivity contribution in [3.8, 4) is 0 Å². The molecule has 4 nitrogen and oxygen atoms in total. The SMILES string of the molecule is CN(C)Cc1ccc(NC(=O)c2cccc(F)c2N)cc1. The lowest BCUT2D eigenvalue weighted by Crippen LogP contribution is -2.15. The lowest BCUT2D eigenvalue weighted by molar-refractivity contribution is 0.102. The Labute approximate surface area is 123 Å². The van der Waals surface area contributed by atoms with Crippen LogP contribution in [-0.4, -0.2) is 24.9 Å². The molecule has 1 amide bonds. The average molecular weight is 287 g/mol. The number of halogens is 1. The van der Waals surface area contributed by atoms with Crippen LogP contribution >= 0.6 is 0 Å². The van der Waals surface area contributed by atoms with Crippen LogP contribution in [0.25, 0.3) is 0 Å². The lowest BCUT2D eigenvalue weighted by Gasteiger charge is -2.11. The molecule has 0 aliphatic rings. The summed E-state index contributed by atoms with van der Waals surface area (Å²) >= 11 is 0. The number of nitrogens with one attached hydrogen (secondary N) is 1. The molecule has 0 radical (unpaired) electrons. The summed E-state index contributed by atoms with van der Waals surface area (Å²) in [5, 5.41) is 2.71. The molecule has 5 heteroatoms. The van der Waals surface area contributed by atoms with Crippen molar-refractivity contribution in [1.29, 1.82) is 0 Å². The van der Waals surface area contributed by atoms with Gasteiger partial charge in [-0.25, -0.2) is 4.39 Å². The Kier molecular flexibility index (Phi) is 4.55. The number of anilines is 2. The molecular formula is C16H18FN3O. The molecule has 21 heavy (non-hydrogen) atoms. The van der Waals surface area contributed by atoms with Gasteiger partial charge in [0, 0.05) is 12.2 Å². The number of hydrogen-bond acceptors (Lipinski definition) is 3. The van der Waals surface area contributed by atoms with E-state index in [1.165, 1.54) is 18.2 Å². The first-order valence-electron chi connectivity index (χ1n) is 6.56. The molecule has 0 fully saturated rings. The van der Waals surface area contributed by atoms with Gasteiger partial charge < -0.3 is 16.0 Å². The van der Waals surface area contributed by atoms with Gasteiger partial charge in [0.15, 0.2) is 0 Å². The molecule has 2 aromatic carbocycles. The maximum Gasteiger partial charge on any atom is 0.257 e. The highest BCUT2D eigenvalue weighted by molar-refractivity contribution is 6.07. The van der Waals surface area contributed by atoms with Crippen LogP contribution < -0.4 is 11.1 Å². The predicted octanol–water partition coefficient (Wildman–Crippen LogP) is 2.72. The van der Waals surface area contributed by atoms with Crippen molar-refractivity contribution in [2.75, 3.05) is 25.1 Å². The van der Waals surface area contributed by atoms with Gasteiger partial charge in [0.1, 0.15) is 5.82 Å². The van der Waals surface area contributed by atoms with Gasteiger partial charge >= 0.3 is 0 Å². The number of rotatable bonds is 4. The average Bonchev–Trinajstić information content (AvgIpc) is 2.43. The van der Waals surface area contributed by atoms with Crippen LogP contribution in [-0.2, 0) is 6.54 Å². The fraction of sp³-hybridized carbons (Fsp3) is 0.188. The van der Waals surface area contributed by atoms with Gasteiger partial charge in [-0.3, -0.25) is 4.79 Å². The fourth-order valence-electron chi connectivity index (χ4n) is 1.99. The van der Waals surface area contributed by atoms with Crippen LogP contribution in [0.1, 0.15) is 15.9 Å². The first-order chi connectivity index (χ1) is 9.97. The van der Waals surface area contributed by atoms with E-state index in [1.54, 1.807) is 0 Å². The topological polar surface area (TPSA) is 58.4 Å². The summed E-state index contributed by atoms with van der Waals surface area (Å²) in [6.45, 7) is 0.824. The van der Waals surface area contributed by atoms with Crippen molar-refractivity contribution in [1.82, 2.24) is 4.90 Å². The summed E-state index contributed by atoms with van der Waals surface area (Å²) in [7, 11) is 3.98. The number of carbonyl (C=O) groups excluding carboxylic acids is 1. The smallest absolute Gasteiger partial charge is 0.257 e. The Bertz CT molecular complexity index is 638. The lowest BCUT2D eigenvalue weighted by atomic mass is 10.1. The van der Waals surface area contributed by atoms with E-state index in [4.69, 9.17) is 5.73 Å². The second-order valence-electron chi connectivity index (χ2n) is 5.09. The van der Waals surface area contributed by atoms with E-state index < -0.39 is 11.7 Å². The maximum absolute atomic E-state index is 13.3. The number of benzene rings is 2. The number of para-hydroxylation sites is 1.